The first-order valence-corrected chi connectivity index (χ1v) is 4.90. The SMILES string of the molecule is C/C=C/c1ccc(C)nc1OC(C)C. The maximum absolute atomic E-state index is 5.62. The molecule has 0 unspecified atom stereocenters. The zero-order valence-electron chi connectivity index (χ0n) is 9.24. The monoisotopic (exact) mass is 191 g/mol. The summed E-state index contributed by atoms with van der Waals surface area (Å²) in [7, 11) is 0. The minimum Gasteiger partial charge on any atom is -0.475 e. The van der Waals surface area contributed by atoms with Gasteiger partial charge in [-0.2, -0.15) is 0 Å². The Morgan fingerprint density at radius 1 is 1.36 bits per heavy atom. The molecule has 0 aliphatic heterocycles. The van der Waals surface area contributed by atoms with E-state index >= 15 is 0 Å². The van der Waals surface area contributed by atoms with Crippen LogP contribution in [0.2, 0.25) is 0 Å². The van der Waals surface area contributed by atoms with E-state index in [9.17, 15) is 0 Å². The highest BCUT2D eigenvalue weighted by Gasteiger charge is 2.04. The largest absolute Gasteiger partial charge is 0.475 e. The van der Waals surface area contributed by atoms with Crippen molar-refractivity contribution < 1.29 is 4.74 Å². The third kappa shape index (κ3) is 2.87. The minimum absolute atomic E-state index is 0.160. The Balaban J connectivity index is 3.02. The van der Waals surface area contributed by atoms with E-state index in [2.05, 4.69) is 4.98 Å². The predicted octanol–water partition coefficient (Wildman–Crippen LogP) is 3.21. The van der Waals surface area contributed by atoms with Gasteiger partial charge < -0.3 is 4.74 Å². The van der Waals surface area contributed by atoms with Gasteiger partial charge in [0.05, 0.1) is 6.10 Å². The summed E-state index contributed by atoms with van der Waals surface area (Å²) in [5.41, 5.74) is 2.01. The molecule has 0 radical (unpaired) electrons. The zero-order chi connectivity index (χ0) is 10.6. The van der Waals surface area contributed by atoms with Crippen LogP contribution in [0, 0.1) is 6.92 Å². The molecule has 0 aliphatic carbocycles. The fraction of sp³-hybridized carbons (Fsp3) is 0.417. The van der Waals surface area contributed by atoms with E-state index in [-0.39, 0.29) is 6.10 Å². The second-order valence-electron chi connectivity index (χ2n) is 3.51. The molecule has 0 aliphatic rings. The molecular weight excluding hydrogens is 174 g/mol. The van der Waals surface area contributed by atoms with Gasteiger partial charge in [0.15, 0.2) is 0 Å². The predicted molar refractivity (Wildman–Crippen MR) is 59.4 cm³/mol. The molecule has 0 atom stereocenters. The Hall–Kier alpha value is -1.31. The second-order valence-corrected chi connectivity index (χ2v) is 3.51. The molecule has 2 nitrogen and oxygen atoms in total. The quantitative estimate of drug-likeness (QED) is 0.732. The molecule has 14 heavy (non-hydrogen) atoms. The molecule has 1 heterocycles. The van der Waals surface area contributed by atoms with Crippen molar-refractivity contribution in [1.29, 1.82) is 0 Å². The highest BCUT2D eigenvalue weighted by atomic mass is 16.5. The van der Waals surface area contributed by atoms with Crippen molar-refractivity contribution >= 4 is 6.08 Å². The summed E-state index contributed by atoms with van der Waals surface area (Å²) in [5.74, 6) is 0.720. The van der Waals surface area contributed by atoms with Gasteiger partial charge in [0, 0.05) is 11.3 Å². The van der Waals surface area contributed by atoms with Crippen LogP contribution in [0.1, 0.15) is 32.0 Å². The maximum atomic E-state index is 5.62. The molecule has 0 spiro atoms. The van der Waals surface area contributed by atoms with Crippen LogP contribution in [0.4, 0.5) is 0 Å². The molecule has 0 aromatic carbocycles. The van der Waals surface area contributed by atoms with Gasteiger partial charge in [-0.1, -0.05) is 12.2 Å². The van der Waals surface area contributed by atoms with Gasteiger partial charge >= 0.3 is 0 Å². The van der Waals surface area contributed by atoms with E-state index in [1.807, 2.05) is 52.0 Å². The van der Waals surface area contributed by atoms with E-state index in [1.165, 1.54) is 0 Å². The molecule has 1 aromatic heterocycles. The van der Waals surface area contributed by atoms with Gasteiger partial charge in [0.1, 0.15) is 0 Å². The molecule has 76 valence electrons. The van der Waals surface area contributed by atoms with Crippen LogP contribution in [0.15, 0.2) is 18.2 Å². The Morgan fingerprint density at radius 3 is 2.64 bits per heavy atom. The number of rotatable bonds is 3. The maximum Gasteiger partial charge on any atom is 0.221 e. The van der Waals surface area contributed by atoms with Crippen LogP contribution < -0.4 is 4.74 Å². The van der Waals surface area contributed by atoms with Gasteiger partial charge in [-0.3, -0.25) is 0 Å². The van der Waals surface area contributed by atoms with Gasteiger partial charge in [-0.05, 0) is 39.8 Å². The first-order chi connectivity index (χ1) is 6.63. The van der Waals surface area contributed by atoms with Gasteiger partial charge in [0.2, 0.25) is 5.88 Å². The smallest absolute Gasteiger partial charge is 0.221 e. The van der Waals surface area contributed by atoms with Crippen molar-refractivity contribution in [3.8, 4) is 5.88 Å². The second kappa shape index (κ2) is 4.80. The van der Waals surface area contributed by atoms with Crippen molar-refractivity contribution in [3.05, 3.63) is 29.5 Å². The minimum atomic E-state index is 0.160. The number of allylic oxidation sites excluding steroid dienone is 1. The fourth-order valence-corrected chi connectivity index (χ4v) is 1.17. The fourth-order valence-electron chi connectivity index (χ4n) is 1.17. The van der Waals surface area contributed by atoms with E-state index in [1.54, 1.807) is 0 Å². The molecule has 2 heteroatoms. The lowest BCUT2D eigenvalue weighted by atomic mass is 10.2. The van der Waals surface area contributed by atoms with Crippen molar-refractivity contribution in [2.45, 2.75) is 33.8 Å². The van der Waals surface area contributed by atoms with Crippen LogP contribution in [0.25, 0.3) is 6.08 Å². The van der Waals surface area contributed by atoms with Crippen LogP contribution in [-0.4, -0.2) is 11.1 Å². The molecule has 1 rings (SSSR count). The zero-order valence-corrected chi connectivity index (χ0v) is 9.24. The number of aromatic nitrogens is 1. The van der Waals surface area contributed by atoms with Gasteiger partial charge in [-0.15, -0.1) is 0 Å². The highest BCUT2D eigenvalue weighted by molar-refractivity contribution is 5.54. The summed E-state index contributed by atoms with van der Waals surface area (Å²) < 4.78 is 5.62. The van der Waals surface area contributed by atoms with Crippen LogP contribution >= 0.6 is 0 Å². The number of hydrogen-bond acceptors (Lipinski definition) is 2. The molecule has 0 N–H and O–H groups in total. The number of hydrogen-bond donors (Lipinski definition) is 0. The molecule has 0 amide bonds. The Labute approximate surface area is 85.6 Å². The Kier molecular flexibility index (Phi) is 3.69. The topological polar surface area (TPSA) is 22.1 Å². The summed E-state index contributed by atoms with van der Waals surface area (Å²) in [5, 5.41) is 0. The lowest BCUT2D eigenvalue weighted by Crippen LogP contribution is -2.08. The van der Waals surface area contributed by atoms with Crippen molar-refractivity contribution in [2.24, 2.45) is 0 Å². The Morgan fingerprint density at radius 2 is 2.07 bits per heavy atom. The van der Waals surface area contributed by atoms with E-state index < -0.39 is 0 Å². The van der Waals surface area contributed by atoms with Crippen molar-refractivity contribution in [2.75, 3.05) is 0 Å². The number of pyridine rings is 1. The summed E-state index contributed by atoms with van der Waals surface area (Å²) in [4.78, 5) is 4.36. The van der Waals surface area contributed by atoms with Crippen molar-refractivity contribution in [3.63, 3.8) is 0 Å². The molecule has 0 saturated heterocycles. The summed E-state index contributed by atoms with van der Waals surface area (Å²) >= 11 is 0. The number of nitrogens with zero attached hydrogens (tertiary/aromatic N) is 1. The van der Waals surface area contributed by atoms with Gasteiger partial charge in [0.25, 0.3) is 0 Å². The third-order valence-electron chi connectivity index (χ3n) is 1.72. The normalized spacial score (nSPS) is 11.2. The molecular formula is C12H17NO. The Bertz CT molecular complexity index is 329. The molecule has 1 aromatic rings. The summed E-state index contributed by atoms with van der Waals surface area (Å²) in [6, 6.07) is 4.02. The number of ether oxygens (including phenoxy) is 1. The molecule has 0 saturated carbocycles. The standard InChI is InChI=1S/C12H17NO/c1-5-6-11-8-7-10(4)13-12(11)14-9(2)3/h5-9H,1-4H3/b6-5+. The van der Waals surface area contributed by atoms with E-state index in [0.717, 1.165) is 17.1 Å². The van der Waals surface area contributed by atoms with Gasteiger partial charge in [-0.25, -0.2) is 4.98 Å². The van der Waals surface area contributed by atoms with E-state index in [0.29, 0.717) is 0 Å². The van der Waals surface area contributed by atoms with Crippen LogP contribution in [0.5, 0.6) is 5.88 Å². The lowest BCUT2D eigenvalue weighted by molar-refractivity contribution is 0.231. The summed E-state index contributed by atoms with van der Waals surface area (Å²) in [6.07, 6.45) is 4.15. The molecule has 0 bridgehead atoms. The van der Waals surface area contributed by atoms with Crippen LogP contribution in [0.3, 0.4) is 0 Å². The first-order valence-electron chi connectivity index (χ1n) is 4.90. The van der Waals surface area contributed by atoms with E-state index in [4.69, 9.17) is 4.74 Å². The average Bonchev–Trinajstić information content (AvgIpc) is 2.09. The molecule has 0 fully saturated rings. The highest BCUT2D eigenvalue weighted by Crippen LogP contribution is 2.18. The van der Waals surface area contributed by atoms with Crippen molar-refractivity contribution in [1.82, 2.24) is 4.98 Å². The third-order valence-corrected chi connectivity index (χ3v) is 1.72. The van der Waals surface area contributed by atoms with Crippen LogP contribution in [-0.2, 0) is 0 Å². The summed E-state index contributed by atoms with van der Waals surface area (Å²) in [6.45, 7) is 7.96. The lowest BCUT2D eigenvalue weighted by Gasteiger charge is -2.11. The first kappa shape index (κ1) is 10.8. The average molecular weight is 191 g/mol. The number of aryl methyl sites for hydroxylation is 1.